The zero-order valence-corrected chi connectivity index (χ0v) is 8.28. The van der Waals surface area contributed by atoms with Crippen LogP contribution < -0.4 is 0 Å². The molecule has 78 valence electrons. The van der Waals surface area contributed by atoms with Gasteiger partial charge in [0.1, 0.15) is 6.26 Å². The molecule has 0 atom stereocenters. The molecule has 5 heteroatoms. The van der Waals surface area contributed by atoms with E-state index in [-0.39, 0.29) is 11.6 Å². The summed E-state index contributed by atoms with van der Waals surface area (Å²) in [6.45, 7) is 0.545. The van der Waals surface area contributed by atoms with Crippen molar-refractivity contribution in [2.24, 2.45) is 0 Å². The number of likely N-dealkylation sites (tertiary alicyclic amines) is 1. The second kappa shape index (κ2) is 4.64. The molecule has 0 spiro atoms. The number of methoxy groups -OCH3 is 2. The number of carbonyl (C=O) groups excluding carboxylic acids is 2. The predicted molar refractivity (Wildman–Crippen MR) is 48.1 cm³/mol. The van der Waals surface area contributed by atoms with Crippen LogP contribution in [0.25, 0.3) is 0 Å². The molecule has 1 heterocycles. The molecule has 0 aliphatic carbocycles. The molecule has 1 fully saturated rings. The van der Waals surface area contributed by atoms with Crippen LogP contribution in [0.3, 0.4) is 0 Å². The van der Waals surface area contributed by atoms with Gasteiger partial charge in [-0.1, -0.05) is 0 Å². The molecule has 0 aromatic carbocycles. The van der Waals surface area contributed by atoms with Crippen LogP contribution in [-0.4, -0.2) is 37.5 Å². The smallest absolute Gasteiger partial charge is 0.358 e. The molecule has 1 aliphatic rings. The Morgan fingerprint density at radius 1 is 1.50 bits per heavy atom. The van der Waals surface area contributed by atoms with Crippen LogP contribution in [0.1, 0.15) is 12.8 Å². The molecule has 5 nitrogen and oxygen atoms in total. The van der Waals surface area contributed by atoms with Crippen LogP contribution >= 0.6 is 0 Å². The van der Waals surface area contributed by atoms with Crippen molar-refractivity contribution in [3.05, 3.63) is 12.0 Å². The first kappa shape index (κ1) is 10.6. The molecule has 0 unspecified atom stereocenters. The van der Waals surface area contributed by atoms with Gasteiger partial charge in [-0.3, -0.25) is 4.79 Å². The van der Waals surface area contributed by atoms with E-state index in [0.29, 0.717) is 13.0 Å². The minimum atomic E-state index is -0.554. The lowest BCUT2D eigenvalue weighted by Crippen LogP contribution is -2.29. The van der Waals surface area contributed by atoms with E-state index in [4.69, 9.17) is 4.74 Å². The Balaban J connectivity index is 2.82. The standard InChI is InChI=1S/C9H13NO4/c1-13-6-7(9(12)14-2)10-5-3-4-8(10)11/h6H,3-5H2,1-2H3/b7-6-. The molecule has 0 N–H and O–H groups in total. The summed E-state index contributed by atoms with van der Waals surface area (Å²) in [7, 11) is 2.69. The molecule has 0 bridgehead atoms. The Bertz CT molecular complexity index is 272. The van der Waals surface area contributed by atoms with E-state index < -0.39 is 5.97 Å². The van der Waals surface area contributed by atoms with E-state index in [2.05, 4.69) is 4.74 Å². The van der Waals surface area contributed by atoms with Gasteiger partial charge < -0.3 is 14.4 Å². The third-order valence-electron chi connectivity index (χ3n) is 1.99. The first-order valence-electron chi connectivity index (χ1n) is 4.32. The summed E-state index contributed by atoms with van der Waals surface area (Å²) in [5, 5.41) is 0. The number of rotatable bonds is 3. The largest absolute Gasteiger partial charge is 0.502 e. The summed E-state index contributed by atoms with van der Waals surface area (Å²) in [5.41, 5.74) is 0.164. The fourth-order valence-corrected chi connectivity index (χ4v) is 1.34. The van der Waals surface area contributed by atoms with Crippen molar-refractivity contribution < 1.29 is 19.1 Å². The highest BCUT2D eigenvalue weighted by molar-refractivity contribution is 5.94. The third kappa shape index (κ3) is 2.04. The second-order valence-electron chi connectivity index (χ2n) is 2.88. The van der Waals surface area contributed by atoms with Crippen molar-refractivity contribution in [2.75, 3.05) is 20.8 Å². The lowest BCUT2D eigenvalue weighted by molar-refractivity contribution is -0.141. The van der Waals surface area contributed by atoms with Gasteiger partial charge in [-0.15, -0.1) is 0 Å². The molecule has 1 amide bonds. The summed E-state index contributed by atoms with van der Waals surface area (Å²) in [6, 6.07) is 0. The van der Waals surface area contributed by atoms with Crippen LogP contribution in [0.5, 0.6) is 0 Å². The number of hydrogen-bond donors (Lipinski definition) is 0. The first-order chi connectivity index (χ1) is 6.70. The Kier molecular flexibility index (Phi) is 3.50. The van der Waals surface area contributed by atoms with Gasteiger partial charge in [0.05, 0.1) is 14.2 Å². The minimum absolute atomic E-state index is 0.0706. The summed E-state index contributed by atoms with van der Waals surface area (Å²) in [5.74, 6) is -0.624. The van der Waals surface area contributed by atoms with Crippen LogP contribution in [-0.2, 0) is 19.1 Å². The average Bonchev–Trinajstić information content (AvgIpc) is 2.60. The van der Waals surface area contributed by atoms with Gasteiger partial charge in [-0.05, 0) is 6.42 Å². The predicted octanol–water partition coefficient (Wildman–Crippen LogP) is 0.270. The van der Waals surface area contributed by atoms with Gasteiger partial charge in [-0.25, -0.2) is 4.79 Å². The third-order valence-corrected chi connectivity index (χ3v) is 1.99. The molecular weight excluding hydrogens is 186 g/mol. The SMILES string of the molecule is CO/C=C(/C(=O)OC)N1CCCC1=O. The van der Waals surface area contributed by atoms with Gasteiger partial charge in [-0.2, -0.15) is 0 Å². The molecule has 1 rings (SSSR count). The van der Waals surface area contributed by atoms with E-state index in [1.54, 1.807) is 0 Å². The van der Waals surface area contributed by atoms with Gasteiger partial charge in [0.25, 0.3) is 0 Å². The maximum Gasteiger partial charge on any atom is 0.358 e. The minimum Gasteiger partial charge on any atom is -0.502 e. The fourth-order valence-electron chi connectivity index (χ4n) is 1.34. The number of hydrogen-bond acceptors (Lipinski definition) is 4. The Morgan fingerprint density at radius 3 is 2.64 bits per heavy atom. The number of ether oxygens (including phenoxy) is 2. The molecule has 1 aliphatic heterocycles. The Hall–Kier alpha value is -1.52. The van der Waals surface area contributed by atoms with E-state index in [1.165, 1.54) is 25.4 Å². The second-order valence-corrected chi connectivity index (χ2v) is 2.88. The summed E-state index contributed by atoms with van der Waals surface area (Å²) in [4.78, 5) is 24.0. The van der Waals surface area contributed by atoms with Crippen molar-refractivity contribution >= 4 is 11.9 Å². The zero-order valence-electron chi connectivity index (χ0n) is 8.28. The molecule has 0 radical (unpaired) electrons. The molecular formula is C9H13NO4. The number of carbonyl (C=O) groups is 2. The van der Waals surface area contributed by atoms with Crippen molar-refractivity contribution in [3.63, 3.8) is 0 Å². The van der Waals surface area contributed by atoms with Crippen molar-refractivity contribution in [3.8, 4) is 0 Å². The normalized spacial score (nSPS) is 17.1. The van der Waals surface area contributed by atoms with E-state index in [1.807, 2.05) is 0 Å². The zero-order chi connectivity index (χ0) is 10.6. The number of amides is 1. The Labute approximate surface area is 82.3 Å². The van der Waals surface area contributed by atoms with Gasteiger partial charge in [0.15, 0.2) is 5.70 Å². The molecule has 0 saturated carbocycles. The van der Waals surface area contributed by atoms with E-state index >= 15 is 0 Å². The summed E-state index contributed by atoms with van der Waals surface area (Å²) < 4.78 is 9.28. The first-order valence-corrected chi connectivity index (χ1v) is 4.32. The number of nitrogens with zero attached hydrogens (tertiary/aromatic N) is 1. The molecule has 0 aromatic heterocycles. The highest BCUT2D eigenvalue weighted by Gasteiger charge is 2.28. The maximum absolute atomic E-state index is 11.3. The van der Waals surface area contributed by atoms with Crippen LogP contribution in [0, 0.1) is 0 Å². The van der Waals surface area contributed by atoms with E-state index in [0.717, 1.165) is 6.42 Å². The van der Waals surface area contributed by atoms with Gasteiger partial charge in [0, 0.05) is 13.0 Å². The Morgan fingerprint density at radius 2 is 2.21 bits per heavy atom. The van der Waals surface area contributed by atoms with Crippen LogP contribution in [0.15, 0.2) is 12.0 Å². The monoisotopic (exact) mass is 199 g/mol. The summed E-state index contributed by atoms with van der Waals surface area (Å²) in [6.07, 6.45) is 2.46. The van der Waals surface area contributed by atoms with E-state index in [9.17, 15) is 9.59 Å². The quantitative estimate of drug-likeness (QED) is 0.372. The van der Waals surface area contributed by atoms with Gasteiger partial charge >= 0.3 is 5.97 Å². The van der Waals surface area contributed by atoms with Crippen LogP contribution in [0.4, 0.5) is 0 Å². The van der Waals surface area contributed by atoms with Crippen molar-refractivity contribution in [1.29, 1.82) is 0 Å². The lowest BCUT2D eigenvalue weighted by Gasteiger charge is -2.16. The van der Waals surface area contributed by atoms with Crippen molar-refractivity contribution in [2.45, 2.75) is 12.8 Å². The molecule has 14 heavy (non-hydrogen) atoms. The van der Waals surface area contributed by atoms with Gasteiger partial charge in [0.2, 0.25) is 5.91 Å². The molecule has 1 saturated heterocycles. The topological polar surface area (TPSA) is 55.8 Å². The summed E-state index contributed by atoms with van der Waals surface area (Å²) >= 11 is 0. The van der Waals surface area contributed by atoms with Crippen molar-refractivity contribution in [1.82, 2.24) is 4.90 Å². The lowest BCUT2D eigenvalue weighted by atomic mass is 10.4. The highest BCUT2D eigenvalue weighted by Crippen LogP contribution is 2.17. The fraction of sp³-hybridized carbons (Fsp3) is 0.556. The highest BCUT2D eigenvalue weighted by atomic mass is 16.5. The van der Waals surface area contributed by atoms with Crippen LogP contribution in [0.2, 0.25) is 0 Å². The maximum atomic E-state index is 11.3. The molecule has 0 aromatic rings. The number of esters is 1. The average molecular weight is 199 g/mol.